The third kappa shape index (κ3) is 3.40. The fourth-order valence-corrected chi connectivity index (χ4v) is 4.83. The van der Waals surface area contributed by atoms with Gasteiger partial charge >= 0.3 is 0 Å². The smallest absolute Gasteiger partial charge is 0.212 e. The summed E-state index contributed by atoms with van der Waals surface area (Å²) < 4.78 is 37.6. The van der Waals surface area contributed by atoms with Crippen LogP contribution in [0.3, 0.4) is 0 Å². The zero-order chi connectivity index (χ0) is 21.9. The number of methoxy groups -OCH3 is 1. The van der Waals surface area contributed by atoms with E-state index in [-0.39, 0.29) is 17.3 Å². The fourth-order valence-electron chi connectivity index (χ4n) is 3.91. The summed E-state index contributed by atoms with van der Waals surface area (Å²) in [6.45, 7) is 3.54. The van der Waals surface area contributed by atoms with Gasteiger partial charge in [0.2, 0.25) is 11.6 Å². The van der Waals surface area contributed by atoms with Gasteiger partial charge in [-0.3, -0.25) is 14.0 Å². The minimum Gasteiger partial charge on any atom is -0.375 e. The summed E-state index contributed by atoms with van der Waals surface area (Å²) in [5, 5.41) is 0. The Morgan fingerprint density at radius 3 is 2.68 bits per heavy atom. The molecule has 0 N–H and O–H groups in total. The van der Waals surface area contributed by atoms with Crippen LogP contribution < -0.4 is 0 Å². The van der Waals surface area contributed by atoms with Gasteiger partial charge in [-0.1, -0.05) is 11.3 Å². The first-order valence-corrected chi connectivity index (χ1v) is 10.4. The summed E-state index contributed by atoms with van der Waals surface area (Å²) in [7, 11) is 1.49. The highest BCUT2D eigenvalue weighted by molar-refractivity contribution is 7.19. The van der Waals surface area contributed by atoms with Crippen LogP contribution in [0.15, 0.2) is 36.7 Å². The number of imidazole rings is 1. The number of nitrogens with zero attached hydrogens (tertiary/aromatic N) is 2. The zero-order valence-electron chi connectivity index (χ0n) is 16.9. The lowest BCUT2D eigenvalue weighted by molar-refractivity contribution is -0.210. The van der Waals surface area contributed by atoms with E-state index < -0.39 is 36.2 Å². The van der Waals surface area contributed by atoms with Gasteiger partial charge in [0, 0.05) is 18.9 Å². The molecule has 162 valence electrons. The summed E-state index contributed by atoms with van der Waals surface area (Å²) in [5.74, 6) is -1.88. The van der Waals surface area contributed by atoms with Gasteiger partial charge in [0.25, 0.3) is 0 Å². The molecule has 0 spiro atoms. The summed E-state index contributed by atoms with van der Waals surface area (Å²) >= 11 is 1.14. The van der Waals surface area contributed by atoms with Crippen LogP contribution in [0.4, 0.5) is 4.39 Å². The largest absolute Gasteiger partial charge is 0.375 e. The number of aromatic nitrogens is 2. The Bertz CT molecular complexity index is 1170. The molecule has 2 aliphatic heterocycles. The van der Waals surface area contributed by atoms with Crippen molar-refractivity contribution in [3.05, 3.63) is 58.6 Å². The van der Waals surface area contributed by atoms with Crippen LogP contribution in [-0.4, -0.2) is 58.4 Å². The van der Waals surface area contributed by atoms with E-state index in [1.165, 1.54) is 37.6 Å². The van der Waals surface area contributed by atoms with E-state index in [9.17, 15) is 14.0 Å². The quantitative estimate of drug-likeness (QED) is 0.557. The maximum atomic E-state index is 13.3. The predicted octanol–water partition coefficient (Wildman–Crippen LogP) is 2.84. The Morgan fingerprint density at radius 2 is 1.97 bits per heavy atom. The molecule has 0 bridgehead atoms. The van der Waals surface area contributed by atoms with Gasteiger partial charge in [0.1, 0.15) is 23.7 Å². The van der Waals surface area contributed by atoms with Crippen molar-refractivity contribution in [2.75, 3.05) is 7.11 Å². The van der Waals surface area contributed by atoms with Gasteiger partial charge in [-0.2, -0.15) is 0 Å². The molecule has 4 heterocycles. The van der Waals surface area contributed by atoms with Gasteiger partial charge in [-0.25, -0.2) is 9.37 Å². The molecule has 5 rings (SSSR count). The topological polar surface area (TPSA) is 88.4 Å². The van der Waals surface area contributed by atoms with E-state index in [2.05, 4.69) is 4.98 Å². The number of benzene rings is 1. The second-order valence-electron chi connectivity index (χ2n) is 7.82. The predicted molar refractivity (Wildman–Crippen MR) is 107 cm³/mol. The first-order chi connectivity index (χ1) is 14.8. The first-order valence-electron chi connectivity index (χ1n) is 9.63. The van der Waals surface area contributed by atoms with Gasteiger partial charge in [-0.15, -0.1) is 0 Å². The van der Waals surface area contributed by atoms with Crippen molar-refractivity contribution in [3.8, 4) is 0 Å². The molecular weight excluding hydrogens is 427 g/mol. The number of halogens is 1. The molecule has 8 nitrogen and oxygen atoms in total. The Balaban J connectivity index is 1.42. The minimum atomic E-state index is -0.938. The third-order valence-electron chi connectivity index (χ3n) is 5.31. The molecule has 0 saturated carbocycles. The number of carbonyl (C=O) groups excluding carboxylic acids is 2. The van der Waals surface area contributed by atoms with Gasteiger partial charge in [0.15, 0.2) is 23.1 Å². The molecule has 0 unspecified atom stereocenters. The molecule has 1 aromatic carbocycles. The van der Waals surface area contributed by atoms with E-state index in [0.29, 0.717) is 15.4 Å². The Kier molecular flexibility index (Phi) is 4.79. The molecule has 3 aromatic rings. The molecule has 10 heteroatoms. The van der Waals surface area contributed by atoms with Crippen LogP contribution in [0.1, 0.15) is 39.6 Å². The number of hydrogen-bond donors (Lipinski definition) is 0. The number of rotatable bonds is 5. The van der Waals surface area contributed by atoms with Gasteiger partial charge < -0.3 is 18.9 Å². The van der Waals surface area contributed by atoms with Crippen LogP contribution in [0.2, 0.25) is 0 Å². The highest BCUT2D eigenvalue weighted by Gasteiger charge is 2.57. The van der Waals surface area contributed by atoms with Crippen molar-refractivity contribution in [1.29, 1.82) is 0 Å². The van der Waals surface area contributed by atoms with Gasteiger partial charge in [0.05, 0.1) is 11.1 Å². The number of thiazole rings is 1. The summed E-state index contributed by atoms with van der Waals surface area (Å²) in [6, 6.07) is 5.29. The van der Waals surface area contributed by atoms with Crippen molar-refractivity contribution in [2.45, 2.75) is 44.2 Å². The van der Waals surface area contributed by atoms with E-state index in [1.54, 1.807) is 24.4 Å². The van der Waals surface area contributed by atoms with E-state index >= 15 is 0 Å². The van der Waals surface area contributed by atoms with Crippen LogP contribution >= 0.6 is 11.3 Å². The second-order valence-corrected chi connectivity index (χ2v) is 8.83. The molecule has 31 heavy (non-hydrogen) atoms. The van der Waals surface area contributed by atoms with Crippen molar-refractivity contribution in [2.24, 2.45) is 0 Å². The zero-order valence-corrected chi connectivity index (χ0v) is 17.7. The normalized spacial score (nSPS) is 27.0. The Hall–Kier alpha value is -2.50. The van der Waals surface area contributed by atoms with E-state index in [4.69, 9.17) is 18.9 Å². The Labute approximate surface area is 180 Å². The van der Waals surface area contributed by atoms with Crippen molar-refractivity contribution < 1.29 is 32.9 Å². The lowest BCUT2D eigenvalue weighted by Crippen LogP contribution is -2.40. The first kappa shape index (κ1) is 20.4. The highest BCUT2D eigenvalue weighted by Crippen LogP contribution is 2.39. The van der Waals surface area contributed by atoms with Gasteiger partial charge in [-0.05, 0) is 38.1 Å². The SMILES string of the molecule is CO[C@@H]1[C@H]2OC(C)(C)O[C@H]2O[C@@H]1C(=O)c1cnc2sc(C(=O)c3ccc(F)cc3)cn12. The molecule has 0 radical (unpaired) electrons. The fraction of sp³-hybridized carbons (Fsp3) is 0.381. The number of ketones is 2. The molecule has 2 aliphatic rings. The summed E-state index contributed by atoms with van der Waals surface area (Å²) in [4.78, 5) is 31.1. The lowest BCUT2D eigenvalue weighted by atomic mass is 10.1. The van der Waals surface area contributed by atoms with E-state index in [1.807, 2.05) is 0 Å². The van der Waals surface area contributed by atoms with E-state index in [0.717, 1.165) is 11.3 Å². The second kappa shape index (κ2) is 7.28. The highest BCUT2D eigenvalue weighted by atomic mass is 32.1. The molecular formula is C21H19FN2O6S. The molecule has 0 amide bonds. The molecule has 2 fully saturated rings. The maximum Gasteiger partial charge on any atom is 0.212 e. The molecule has 4 atom stereocenters. The van der Waals surface area contributed by atoms with Crippen LogP contribution in [-0.2, 0) is 18.9 Å². The molecule has 0 aliphatic carbocycles. The Morgan fingerprint density at radius 1 is 1.23 bits per heavy atom. The number of hydrogen-bond acceptors (Lipinski definition) is 8. The molecule has 2 aromatic heterocycles. The average molecular weight is 446 g/mol. The number of ether oxygens (including phenoxy) is 4. The maximum absolute atomic E-state index is 13.3. The van der Waals surface area contributed by atoms with Crippen molar-refractivity contribution in [3.63, 3.8) is 0 Å². The number of Topliss-reactive ketones (excluding diaryl/α,β-unsaturated/α-hetero) is 1. The monoisotopic (exact) mass is 446 g/mol. The van der Waals surface area contributed by atoms with Crippen LogP contribution in [0.5, 0.6) is 0 Å². The van der Waals surface area contributed by atoms with Crippen molar-refractivity contribution in [1.82, 2.24) is 9.38 Å². The standard InChI is InChI=1S/C21H19FN2O6S/c1-21(2)29-18-17(27-3)16(28-19(18)30-21)15(26)12-8-23-20-24(12)9-13(31-20)14(25)10-4-6-11(22)7-5-10/h4-9,16-19H,1-3H3/t16-,17+,18-,19-/m1/s1. The number of carbonyl (C=O) groups is 2. The third-order valence-corrected chi connectivity index (χ3v) is 6.31. The average Bonchev–Trinajstić information content (AvgIpc) is 3.45. The number of fused-ring (bicyclic) bond motifs is 2. The minimum absolute atomic E-state index is 0.260. The molecule has 2 saturated heterocycles. The van der Waals surface area contributed by atoms with Crippen LogP contribution in [0, 0.1) is 5.82 Å². The summed E-state index contributed by atoms with van der Waals surface area (Å²) in [5.41, 5.74) is 0.609. The van der Waals surface area contributed by atoms with Crippen molar-refractivity contribution >= 4 is 27.9 Å². The summed E-state index contributed by atoms with van der Waals surface area (Å²) in [6.07, 6.45) is 0.164. The van der Waals surface area contributed by atoms with Crippen LogP contribution in [0.25, 0.3) is 4.96 Å². The lowest BCUT2D eigenvalue weighted by Gasteiger charge is -2.24.